The Morgan fingerprint density at radius 1 is 1.53 bits per heavy atom. The van der Waals surface area contributed by atoms with Crippen molar-refractivity contribution in [3.63, 3.8) is 0 Å². The smallest absolute Gasteiger partial charge is 0.223 e. The van der Waals surface area contributed by atoms with Crippen molar-refractivity contribution in [1.29, 1.82) is 0 Å². The molecule has 0 aliphatic carbocycles. The maximum Gasteiger partial charge on any atom is 0.223 e. The van der Waals surface area contributed by atoms with E-state index in [0.29, 0.717) is 29.9 Å². The number of rotatable bonds is 0. The van der Waals surface area contributed by atoms with E-state index in [-0.39, 0.29) is 11.9 Å². The average Bonchev–Trinajstić information content (AvgIpc) is 2.40. The van der Waals surface area contributed by atoms with E-state index >= 15 is 0 Å². The summed E-state index contributed by atoms with van der Waals surface area (Å²) < 4.78 is 0. The van der Waals surface area contributed by atoms with E-state index in [9.17, 15) is 9.90 Å². The van der Waals surface area contributed by atoms with Crippen LogP contribution in [0.15, 0.2) is 18.2 Å². The van der Waals surface area contributed by atoms with Crippen molar-refractivity contribution in [2.45, 2.75) is 25.5 Å². The zero-order chi connectivity index (χ0) is 12.6. The van der Waals surface area contributed by atoms with Gasteiger partial charge in [-0.25, -0.2) is 0 Å². The molecule has 0 spiro atoms. The van der Waals surface area contributed by atoms with Crippen molar-refractivity contribution in [1.82, 2.24) is 0 Å². The van der Waals surface area contributed by atoms with Gasteiger partial charge in [0.05, 0.1) is 17.5 Å². The zero-order valence-corrected chi connectivity index (χ0v) is 9.76. The zero-order valence-electron chi connectivity index (χ0n) is 9.76. The SMILES string of the molecule is CC(=O)N1CC[C@@H](N)[C@H](O)c2cccc(N)c21. The lowest BCUT2D eigenvalue weighted by atomic mass is 10.0. The molecule has 0 fully saturated rings. The van der Waals surface area contributed by atoms with Crippen molar-refractivity contribution in [2.24, 2.45) is 5.73 Å². The molecule has 0 saturated heterocycles. The van der Waals surface area contributed by atoms with Crippen LogP contribution in [0.4, 0.5) is 11.4 Å². The lowest BCUT2D eigenvalue weighted by molar-refractivity contribution is -0.116. The maximum absolute atomic E-state index is 11.6. The van der Waals surface area contributed by atoms with Gasteiger partial charge < -0.3 is 21.5 Å². The summed E-state index contributed by atoms with van der Waals surface area (Å²) in [6, 6.07) is 4.86. The van der Waals surface area contributed by atoms with Gasteiger partial charge in [0.15, 0.2) is 0 Å². The van der Waals surface area contributed by atoms with Crippen molar-refractivity contribution >= 4 is 17.3 Å². The number of fused-ring (bicyclic) bond motifs is 1. The number of benzene rings is 1. The van der Waals surface area contributed by atoms with Crippen LogP contribution in [0.2, 0.25) is 0 Å². The molecule has 1 aliphatic rings. The molecule has 1 amide bonds. The molecule has 1 heterocycles. The third-order valence-electron chi connectivity index (χ3n) is 3.16. The molecule has 0 aromatic heterocycles. The monoisotopic (exact) mass is 235 g/mol. The number of nitrogen functional groups attached to an aromatic ring is 1. The Morgan fingerprint density at radius 2 is 2.24 bits per heavy atom. The van der Waals surface area contributed by atoms with Gasteiger partial charge >= 0.3 is 0 Å². The fraction of sp³-hybridized carbons (Fsp3) is 0.417. The third kappa shape index (κ3) is 1.99. The van der Waals surface area contributed by atoms with Gasteiger partial charge in [-0.3, -0.25) is 4.79 Å². The van der Waals surface area contributed by atoms with Gasteiger partial charge in [-0.1, -0.05) is 12.1 Å². The number of carbonyl (C=O) groups excluding carboxylic acids is 1. The summed E-state index contributed by atoms with van der Waals surface area (Å²) >= 11 is 0. The predicted octanol–water partition coefficient (Wildman–Crippen LogP) is 0.386. The van der Waals surface area contributed by atoms with Gasteiger partial charge in [0, 0.05) is 25.1 Å². The highest BCUT2D eigenvalue weighted by Gasteiger charge is 2.29. The molecule has 17 heavy (non-hydrogen) atoms. The molecule has 92 valence electrons. The highest BCUT2D eigenvalue weighted by atomic mass is 16.3. The number of hydrogen-bond donors (Lipinski definition) is 3. The Kier molecular flexibility index (Phi) is 3.04. The second-order valence-corrected chi connectivity index (χ2v) is 4.35. The number of amides is 1. The molecule has 2 atom stereocenters. The summed E-state index contributed by atoms with van der Waals surface area (Å²) in [5.41, 5.74) is 13.5. The van der Waals surface area contributed by atoms with Crippen LogP contribution in [0.3, 0.4) is 0 Å². The number of nitrogens with two attached hydrogens (primary N) is 2. The molecule has 1 aromatic carbocycles. The Balaban J connectivity index is 2.59. The van der Waals surface area contributed by atoms with Gasteiger partial charge in [-0.05, 0) is 12.5 Å². The van der Waals surface area contributed by atoms with Crippen LogP contribution in [0.1, 0.15) is 25.0 Å². The summed E-state index contributed by atoms with van der Waals surface area (Å²) in [6.45, 7) is 1.97. The number of aliphatic hydroxyl groups excluding tert-OH is 1. The third-order valence-corrected chi connectivity index (χ3v) is 3.16. The van der Waals surface area contributed by atoms with Gasteiger partial charge in [0.2, 0.25) is 5.91 Å². The summed E-state index contributed by atoms with van der Waals surface area (Å²) in [4.78, 5) is 13.2. The Morgan fingerprint density at radius 3 is 2.88 bits per heavy atom. The molecule has 5 nitrogen and oxygen atoms in total. The van der Waals surface area contributed by atoms with Crippen molar-refractivity contribution in [2.75, 3.05) is 17.2 Å². The van der Waals surface area contributed by atoms with Crippen molar-refractivity contribution in [3.05, 3.63) is 23.8 Å². The summed E-state index contributed by atoms with van der Waals surface area (Å²) in [7, 11) is 0. The van der Waals surface area contributed by atoms with Crippen molar-refractivity contribution < 1.29 is 9.90 Å². The van der Waals surface area contributed by atoms with E-state index in [1.807, 2.05) is 0 Å². The minimum absolute atomic E-state index is 0.0922. The molecule has 2 rings (SSSR count). The molecule has 0 unspecified atom stereocenters. The first-order valence-electron chi connectivity index (χ1n) is 5.62. The molecule has 0 saturated carbocycles. The van der Waals surface area contributed by atoms with E-state index in [0.717, 1.165) is 0 Å². The molecule has 1 aliphatic heterocycles. The normalized spacial score (nSPS) is 24.1. The van der Waals surface area contributed by atoms with Gasteiger partial charge in [-0.2, -0.15) is 0 Å². The molecule has 0 radical (unpaired) electrons. The second-order valence-electron chi connectivity index (χ2n) is 4.35. The van der Waals surface area contributed by atoms with Crippen LogP contribution in [-0.4, -0.2) is 23.6 Å². The molecule has 5 N–H and O–H groups in total. The van der Waals surface area contributed by atoms with E-state index in [1.165, 1.54) is 6.92 Å². The quantitative estimate of drug-likeness (QED) is 0.567. The maximum atomic E-state index is 11.6. The molecular formula is C12H17N3O2. The first-order valence-corrected chi connectivity index (χ1v) is 5.62. The molecular weight excluding hydrogens is 218 g/mol. The summed E-state index contributed by atoms with van der Waals surface area (Å²) in [5.74, 6) is -0.0922. The highest BCUT2D eigenvalue weighted by Crippen LogP contribution is 2.36. The van der Waals surface area contributed by atoms with Crippen LogP contribution in [0, 0.1) is 0 Å². The van der Waals surface area contributed by atoms with Gasteiger partial charge in [0.1, 0.15) is 0 Å². The number of anilines is 2. The van der Waals surface area contributed by atoms with Crippen LogP contribution in [0.25, 0.3) is 0 Å². The first kappa shape index (κ1) is 11.9. The van der Waals surface area contributed by atoms with E-state index in [2.05, 4.69) is 0 Å². The second kappa shape index (κ2) is 4.35. The van der Waals surface area contributed by atoms with E-state index < -0.39 is 6.10 Å². The number of carbonyl (C=O) groups is 1. The standard InChI is InChI=1S/C12H17N3O2/c1-7(16)15-6-5-10(14)12(17)8-3-2-4-9(13)11(8)15/h2-4,10,12,17H,5-6,13-14H2,1H3/t10-,12-/m1/s1. The Bertz CT molecular complexity index is 447. The summed E-state index contributed by atoms with van der Waals surface area (Å²) in [6.07, 6.45) is -0.229. The number of hydrogen-bond acceptors (Lipinski definition) is 4. The summed E-state index contributed by atoms with van der Waals surface area (Å²) in [5, 5.41) is 10.1. The Labute approximate surface area is 100 Å². The molecule has 5 heteroatoms. The topological polar surface area (TPSA) is 92.6 Å². The number of nitrogens with zero attached hydrogens (tertiary/aromatic N) is 1. The fourth-order valence-electron chi connectivity index (χ4n) is 2.22. The highest BCUT2D eigenvalue weighted by molar-refractivity contribution is 5.96. The van der Waals surface area contributed by atoms with E-state index in [4.69, 9.17) is 11.5 Å². The van der Waals surface area contributed by atoms with Gasteiger partial charge in [-0.15, -0.1) is 0 Å². The van der Waals surface area contributed by atoms with Gasteiger partial charge in [0.25, 0.3) is 0 Å². The molecule has 1 aromatic rings. The molecule has 0 bridgehead atoms. The minimum atomic E-state index is -0.780. The lowest BCUT2D eigenvalue weighted by Gasteiger charge is -2.23. The number of para-hydroxylation sites is 1. The first-order chi connectivity index (χ1) is 8.02. The van der Waals surface area contributed by atoms with Crippen LogP contribution in [-0.2, 0) is 4.79 Å². The fourth-order valence-corrected chi connectivity index (χ4v) is 2.22. The van der Waals surface area contributed by atoms with Crippen molar-refractivity contribution in [3.8, 4) is 0 Å². The van der Waals surface area contributed by atoms with Crippen LogP contribution < -0.4 is 16.4 Å². The van der Waals surface area contributed by atoms with Crippen LogP contribution >= 0.6 is 0 Å². The lowest BCUT2D eigenvalue weighted by Crippen LogP contribution is -2.32. The number of aliphatic hydroxyl groups is 1. The Hall–Kier alpha value is -1.59. The largest absolute Gasteiger partial charge is 0.397 e. The minimum Gasteiger partial charge on any atom is -0.397 e. The average molecular weight is 235 g/mol. The van der Waals surface area contributed by atoms with Crippen LogP contribution in [0.5, 0.6) is 0 Å². The predicted molar refractivity (Wildman–Crippen MR) is 66.4 cm³/mol. The van der Waals surface area contributed by atoms with E-state index in [1.54, 1.807) is 23.1 Å².